The lowest BCUT2D eigenvalue weighted by molar-refractivity contribution is 0.0157. The van der Waals surface area contributed by atoms with Crippen molar-refractivity contribution in [2.75, 3.05) is 50.9 Å². The minimum Gasteiger partial charge on any atom is -0.449 e. The van der Waals surface area contributed by atoms with Crippen molar-refractivity contribution in [3.63, 3.8) is 0 Å². The van der Waals surface area contributed by atoms with Crippen LogP contribution in [0.5, 0.6) is 0 Å². The Balaban J connectivity index is 1.42. The Hall–Kier alpha value is -1.82. The second-order valence-corrected chi connectivity index (χ2v) is 6.11. The molecule has 1 aromatic rings. The number of ether oxygens (including phenoxy) is 2. The highest BCUT2D eigenvalue weighted by Crippen LogP contribution is 2.18. The van der Waals surface area contributed by atoms with Crippen LogP contribution < -0.4 is 4.90 Å². The average molecular weight is 322 g/mol. The van der Waals surface area contributed by atoms with Crippen LogP contribution in [0.3, 0.4) is 0 Å². The predicted molar refractivity (Wildman–Crippen MR) is 85.1 cm³/mol. The Morgan fingerprint density at radius 2 is 1.96 bits per heavy atom. The second kappa shape index (κ2) is 7.64. The summed E-state index contributed by atoms with van der Waals surface area (Å²) in [5, 5.41) is 0. The summed E-state index contributed by atoms with van der Waals surface area (Å²) in [5.41, 5.74) is 0.985. The van der Waals surface area contributed by atoms with Crippen LogP contribution in [0, 0.1) is 11.7 Å². The van der Waals surface area contributed by atoms with Gasteiger partial charge >= 0.3 is 6.09 Å². The molecule has 2 heterocycles. The summed E-state index contributed by atoms with van der Waals surface area (Å²) in [4.78, 5) is 16.0. The lowest BCUT2D eigenvalue weighted by atomic mass is 10.0. The molecule has 6 heteroatoms. The molecule has 0 aliphatic carbocycles. The lowest BCUT2D eigenvalue weighted by Gasteiger charge is -2.35. The molecule has 0 aromatic heterocycles. The van der Waals surface area contributed by atoms with Crippen molar-refractivity contribution in [1.82, 2.24) is 4.90 Å². The van der Waals surface area contributed by atoms with Crippen LogP contribution in [0.2, 0.25) is 0 Å². The summed E-state index contributed by atoms with van der Waals surface area (Å²) in [6.45, 7) is 4.65. The molecule has 23 heavy (non-hydrogen) atoms. The molecule has 126 valence electrons. The third-order valence-electron chi connectivity index (χ3n) is 4.43. The molecule has 2 aliphatic rings. The highest BCUT2D eigenvalue weighted by molar-refractivity contribution is 5.68. The third kappa shape index (κ3) is 4.34. The molecule has 0 spiro atoms. The molecule has 1 atom stereocenters. The van der Waals surface area contributed by atoms with Crippen molar-refractivity contribution in [3.05, 3.63) is 30.1 Å². The Kier molecular flexibility index (Phi) is 5.33. The van der Waals surface area contributed by atoms with E-state index in [1.54, 1.807) is 17.0 Å². The topological polar surface area (TPSA) is 42.0 Å². The maximum Gasteiger partial charge on any atom is 0.409 e. The van der Waals surface area contributed by atoms with Crippen LogP contribution in [0.15, 0.2) is 24.3 Å². The number of rotatable bonds is 3. The molecular weight excluding hydrogens is 299 g/mol. The average Bonchev–Trinajstić information content (AvgIpc) is 2.61. The Labute approximate surface area is 136 Å². The molecule has 2 aliphatic heterocycles. The molecule has 1 aromatic carbocycles. The van der Waals surface area contributed by atoms with Gasteiger partial charge in [-0.25, -0.2) is 9.18 Å². The minimum atomic E-state index is -0.241. The number of carbonyl (C=O) groups excluding carboxylic acids is 1. The zero-order valence-corrected chi connectivity index (χ0v) is 13.2. The summed E-state index contributed by atoms with van der Waals surface area (Å²) in [6.07, 6.45) is 1.86. The largest absolute Gasteiger partial charge is 0.449 e. The summed E-state index contributed by atoms with van der Waals surface area (Å²) in [7, 11) is 0. The van der Waals surface area contributed by atoms with E-state index in [9.17, 15) is 9.18 Å². The molecule has 0 unspecified atom stereocenters. The summed E-state index contributed by atoms with van der Waals surface area (Å²) >= 11 is 0. The fraction of sp³-hybridized carbons (Fsp3) is 0.588. The fourth-order valence-electron chi connectivity index (χ4n) is 3.02. The lowest BCUT2D eigenvalue weighted by Crippen LogP contribution is -2.49. The molecule has 1 amide bonds. The highest BCUT2D eigenvalue weighted by atomic mass is 19.1. The number of hydrogen-bond acceptors (Lipinski definition) is 4. The van der Waals surface area contributed by atoms with Crippen molar-refractivity contribution in [2.45, 2.75) is 12.8 Å². The van der Waals surface area contributed by atoms with Crippen LogP contribution in [0.25, 0.3) is 0 Å². The normalized spacial score (nSPS) is 22.0. The maximum absolute atomic E-state index is 13.0. The SMILES string of the molecule is O=C(OC[C@H]1CCCOC1)N1CCN(c2ccc(F)cc2)CC1. The van der Waals surface area contributed by atoms with Gasteiger partial charge in [-0.05, 0) is 37.1 Å². The van der Waals surface area contributed by atoms with E-state index >= 15 is 0 Å². The Morgan fingerprint density at radius 1 is 1.22 bits per heavy atom. The summed E-state index contributed by atoms with van der Waals surface area (Å²) < 4.78 is 23.8. The first kappa shape index (κ1) is 16.1. The van der Waals surface area contributed by atoms with Gasteiger partial charge in [0.05, 0.1) is 13.2 Å². The quantitative estimate of drug-likeness (QED) is 0.857. The maximum atomic E-state index is 13.0. The standard InChI is InChI=1S/C17H23FN2O3/c18-15-3-5-16(6-4-15)19-7-9-20(10-8-19)17(21)23-13-14-2-1-11-22-12-14/h3-6,14H,1-2,7-13H2/t14-/m0/s1. The van der Waals surface area contributed by atoms with Gasteiger partial charge in [-0.3, -0.25) is 0 Å². The number of nitrogens with zero attached hydrogens (tertiary/aromatic N) is 2. The van der Waals surface area contributed by atoms with E-state index in [1.807, 2.05) is 0 Å². The van der Waals surface area contributed by atoms with Crippen LogP contribution in [0.1, 0.15) is 12.8 Å². The van der Waals surface area contributed by atoms with E-state index in [-0.39, 0.29) is 11.9 Å². The van der Waals surface area contributed by atoms with E-state index < -0.39 is 0 Å². The number of carbonyl (C=O) groups is 1. The van der Waals surface area contributed by atoms with Crippen LogP contribution in [-0.2, 0) is 9.47 Å². The zero-order valence-electron chi connectivity index (χ0n) is 13.2. The Bertz CT molecular complexity index is 509. The van der Waals surface area contributed by atoms with Gasteiger partial charge in [0.2, 0.25) is 0 Å². The van der Waals surface area contributed by atoms with Gasteiger partial charge in [0.25, 0.3) is 0 Å². The Morgan fingerprint density at radius 3 is 2.61 bits per heavy atom. The molecule has 0 N–H and O–H groups in total. The van der Waals surface area contributed by atoms with Crippen LogP contribution in [-0.4, -0.2) is 57.0 Å². The van der Waals surface area contributed by atoms with Crippen molar-refractivity contribution >= 4 is 11.8 Å². The van der Waals surface area contributed by atoms with Crippen LogP contribution >= 0.6 is 0 Å². The van der Waals surface area contributed by atoms with Crippen molar-refractivity contribution < 1.29 is 18.7 Å². The highest BCUT2D eigenvalue weighted by Gasteiger charge is 2.24. The van der Waals surface area contributed by atoms with Gasteiger partial charge in [0.1, 0.15) is 5.82 Å². The third-order valence-corrected chi connectivity index (χ3v) is 4.43. The van der Waals surface area contributed by atoms with Gasteiger partial charge in [0, 0.05) is 44.4 Å². The summed E-state index contributed by atoms with van der Waals surface area (Å²) in [6, 6.07) is 6.46. The molecule has 2 saturated heterocycles. The first-order chi connectivity index (χ1) is 11.2. The predicted octanol–water partition coefficient (Wildman–Crippen LogP) is 2.51. The number of benzene rings is 1. The molecule has 0 radical (unpaired) electrons. The first-order valence-corrected chi connectivity index (χ1v) is 8.22. The smallest absolute Gasteiger partial charge is 0.409 e. The molecule has 5 nitrogen and oxygen atoms in total. The van der Waals surface area contributed by atoms with Crippen LogP contribution in [0.4, 0.5) is 14.9 Å². The van der Waals surface area contributed by atoms with Crippen molar-refractivity contribution in [2.24, 2.45) is 5.92 Å². The van der Waals surface area contributed by atoms with E-state index in [2.05, 4.69) is 4.90 Å². The number of hydrogen-bond donors (Lipinski definition) is 0. The van der Waals surface area contributed by atoms with Gasteiger partial charge < -0.3 is 19.3 Å². The number of halogens is 1. The monoisotopic (exact) mass is 322 g/mol. The van der Waals surface area contributed by atoms with E-state index in [1.165, 1.54) is 12.1 Å². The molecule has 0 saturated carbocycles. The van der Waals surface area contributed by atoms with Crippen molar-refractivity contribution in [3.8, 4) is 0 Å². The van der Waals surface area contributed by atoms with Gasteiger partial charge in [-0.15, -0.1) is 0 Å². The fourth-order valence-corrected chi connectivity index (χ4v) is 3.02. The minimum absolute atomic E-state index is 0.234. The van der Waals surface area contributed by atoms with Gasteiger partial charge in [0.15, 0.2) is 0 Å². The summed E-state index contributed by atoms with van der Waals surface area (Å²) in [5.74, 6) is 0.0934. The first-order valence-electron chi connectivity index (χ1n) is 8.22. The van der Waals surface area contributed by atoms with Gasteiger partial charge in [-0.1, -0.05) is 0 Å². The van der Waals surface area contributed by atoms with E-state index in [0.717, 1.165) is 38.2 Å². The second-order valence-electron chi connectivity index (χ2n) is 6.11. The zero-order chi connectivity index (χ0) is 16.1. The molecule has 0 bridgehead atoms. The van der Waals surface area contributed by atoms with Gasteiger partial charge in [-0.2, -0.15) is 0 Å². The molecular formula is C17H23FN2O3. The van der Waals surface area contributed by atoms with E-state index in [0.29, 0.717) is 32.2 Å². The number of anilines is 1. The van der Waals surface area contributed by atoms with Crippen molar-refractivity contribution in [1.29, 1.82) is 0 Å². The molecule has 2 fully saturated rings. The molecule has 3 rings (SSSR count). The number of amides is 1. The number of piperazine rings is 1. The van der Waals surface area contributed by atoms with E-state index in [4.69, 9.17) is 9.47 Å².